The molecule has 0 aromatic carbocycles. The maximum atomic E-state index is 11.0. The van der Waals surface area contributed by atoms with Gasteiger partial charge in [0.05, 0.1) is 18.5 Å². The molecule has 1 amide bonds. The standard InChI is InChI=1S/C9H14N4O2/c1-13-7-5-10-4-3-6(7)11-8(13)12-9(14)15-2/h10H,3-5H2,1-2H3,(H,11,12,14). The van der Waals surface area contributed by atoms with Crippen molar-refractivity contribution in [3.8, 4) is 0 Å². The molecule has 0 atom stereocenters. The lowest BCUT2D eigenvalue weighted by Gasteiger charge is -2.12. The van der Waals surface area contributed by atoms with Crippen molar-refractivity contribution in [1.29, 1.82) is 0 Å². The monoisotopic (exact) mass is 210 g/mol. The summed E-state index contributed by atoms with van der Waals surface area (Å²) in [6, 6.07) is 0. The fraction of sp³-hybridized carbons (Fsp3) is 0.556. The molecule has 2 rings (SSSR count). The number of ether oxygens (including phenoxy) is 1. The maximum Gasteiger partial charge on any atom is 0.413 e. The average Bonchev–Trinajstić information content (AvgIpc) is 2.57. The Morgan fingerprint density at radius 1 is 1.67 bits per heavy atom. The molecule has 6 nitrogen and oxygen atoms in total. The van der Waals surface area contributed by atoms with Crippen molar-refractivity contribution in [3.63, 3.8) is 0 Å². The Labute approximate surface area is 87.6 Å². The number of hydrogen-bond acceptors (Lipinski definition) is 4. The lowest BCUT2D eigenvalue weighted by Crippen LogP contribution is -2.24. The molecule has 15 heavy (non-hydrogen) atoms. The average molecular weight is 210 g/mol. The normalized spacial score (nSPS) is 14.5. The number of nitrogens with one attached hydrogen (secondary N) is 2. The van der Waals surface area contributed by atoms with Crippen molar-refractivity contribution in [2.45, 2.75) is 13.0 Å². The van der Waals surface area contributed by atoms with Crippen molar-refractivity contribution in [1.82, 2.24) is 14.9 Å². The van der Waals surface area contributed by atoms with Gasteiger partial charge in [-0.05, 0) is 0 Å². The molecule has 0 unspecified atom stereocenters. The van der Waals surface area contributed by atoms with Gasteiger partial charge < -0.3 is 14.6 Å². The number of amides is 1. The SMILES string of the molecule is COC(=O)Nc1nc2c(n1C)CNCC2. The number of carbonyl (C=O) groups is 1. The smallest absolute Gasteiger partial charge is 0.413 e. The number of aromatic nitrogens is 2. The summed E-state index contributed by atoms with van der Waals surface area (Å²) in [6.45, 7) is 1.73. The van der Waals surface area contributed by atoms with Crippen molar-refractivity contribution < 1.29 is 9.53 Å². The van der Waals surface area contributed by atoms with E-state index < -0.39 is 6.09 Å². The van der Waals surface area contributed by atoms with E-state index in [-0.39, 0.29) is 0 Å². The van der Waals surface area contributed by atoms with Gasteiger partial charge in [0.15, 0.2) is 0 Å². The van der Waals surface area contributed by atoms with E-state index in [4.69, 9.17) is 0 Å². The number of fused-ring (bicyclic) bond motifs is 1. The van der Waals surface area contributed by atoms with Crippen LogP contribution in [0.1, 0.15) is 11.4 Å². The first-order valence-electron chi connectivity index (χ1n) is 4.82. The van der Waals surface area contributed by atoms with Crippen molar-refractivity contribution >= 4 is 12.0 Å². The third-order valence-corrected chi connectivity index (χ3v) is 2.53. The molecule has 0 bridgehead atoms. The van der Waals surface area contributed by atoms with Crippen LogP contribution in [0.4, 0.5) is 10.7 Å². The molecule has 1 aromatic heterocycles. The van der Waals surface area contributed by atoms with Crippen LogP contribution in [0.15, 0.2) is 0 Å². The Hall–Kier alpha value is -1.56. The van der Waals surface area contributed by atoms with E-state index in [1.54, 1.807) is 0 Å². The topological polar surface area (TPSA) is 68.2 Å². The van der Waals surface area contributed by atoms with Crippen LogP contribution in [0.25, 0.3) is 0 Å². The van der Waals surface area contributed by atoms with E-state index in [0.717, 1.165) is 30.9 Å². The van der Waals surface area contributed by atoms with Crippen molar-refractivity contribution in [2.24, 2.45) is 7.05 Å². The summed E-state index contributed by atoms with van der Waals surface area (Å²) in [5.74, 6) is 0.538. The lowest BCUT2D eigenvalue weighted by atomic mass is 10.2. The minimum atomic E-state index is -0.492. The van der Waals surface area contributed by atoms with E-state index in [1.807, 2.05) is 11.6 Å². The van der Waals surface area contributed by atoms with Crippen LogP contribution in [-0.4, -0.2) is 29.3 Å². The van der Waals surface area contributed by atoms with Crippen molar-refractivity contribution in [3.05, 3.63) is 11.4 Å². The van der Waals surface area contributed by atoms with Crippen LogP contribution in [0, 0.1) is 0 Å². The number of rotatable bonds is 1. The molecule has 0 radical (unpaired) electrons. The second-order valence-corrected chi connectivity index (χ2v) is 3.43. The minimum absolute atomic E-state index is 0.492. The summed E-state index contributed by atoms with van der Waals surface area (Å²) in [5.41, 5.74) is 2.16. The van der Waals surface area contributed by atoms with Crippen LogP contribution < -0.4 is 10.6 Å². The fourth-order valence-corrected chi connectivity index (χ4v) is 1.68. The Morgan fingerprint density at radius 2 is 2.47 bits per heavy atom. The van der Waals surface area contributed by atoms with Crippen LogP contribution in [0.5, 0.6) is 0 Å². The van der Waals surface area contributed by atoms with E-state index >= 15 is 0 Å². The highest BCUT2D eigenvalue weighted by Gasteiger charge is 2.18. The Morgan fingerprint density at radius 3 is 3.13 bits per heavy atom. The van der Waals surface area contributed by atoms with Crippen LogP contribution in [0.2, 0.25) is 0 Å². The summed E-state index contributed by atoms with van der Waals surface area (Å²) in [4.78, 5) is 15.4. The largest absolute Gasteiger partial charge is 0.453 e. The zero-order valence-electron chi connectivity index (χ0n) is 8.83. The number of imidazole rings is 1. The first-order valence-corrected chi connectivity index (χ1v) is 4.82. The number of anilines is 1. The third kappa shape index (κ3) is 1.80. The molecule has 0 saturated carbocycles. The number of carbonyl (C=O) groups excluding carboxylic acids is 1. The Bertz CT molecular complexity index is 386. The highest BCUT2D eigenvalue weighted by atomic mass is 16.5. The minimum Gasteiger partial charge on any atom is -0.453 e. The van der Waals surface area contributed by atoms with E-state index in [0.29, 0.717) is 5.95 Å². The predicted octanol–water partition coefficient (Wildman–Crippen LogP) is 0.244. The summed E-state index contributed by atoms with van der Waals surface area (Å²) < 4.78 is 6.40. The molecule has 82 valence electrons. The number of methoxy groups -OCH3 is 1. The predicted molar refractivity (Wildman–Crippen MR) is 54.6 cm³/mol. The molecule has 0 saturated heterocycles. The van der Waals surface area contributed by atoms with Gasteiger partial charge in [-0.2, -0.15) is 0 Å². The molecule has 2 N–H and O–H groups in total. The van der Waals surface area contributed by atoms with E-state index in [9.17, 15) is 4.79 Å². The fourth-order valence-electron chi connectivity index (χ4n) is 1.68. The summed E-state index contributed by atoms with van der Waals surface area (Å²) >= 11 is 0. The van der Waals surface area contributed by atoms with Gasteiger partial charge in [-0.25, -0.2) is 9.78 Å². The molecular formula is C9H14N4O2. The van der Waals surface area contributed by atoms with Gasteiger partial charge in [-0.1, -0.05) is 0 Å². The Kier molecular flexibility index (Phi) is 2.59. The lowest BCUT2D eigenvalue weighted by molar-refractivity contribution is 0.186. The van der Waals surface area contributed by atoms with E-state index in [1.165, 1.54) is 7.11 Å². The molecule has 2 heterocycles. The van der Waals surface area contributed by atoms with Gasteiger partial charge >= 0.3 is 6.09 Å². The van der Waals surface area contributed by atoms with Gasteiger partial charge in [0, 0.05) is 26.6 Å². The molecule has 1 aromatic rings. The van der Waals surface area contributed by atoms with Gasteiger partial charge in [-0.15, -0.1) is 0 Å². The Balaban J connectivity index is 2.25. The highest BCUT2D eigenvalue weighted by molar-refractivity contribution is 5.82. The van der Waals surface area contributed by atoms with Crippen LogP contribution >= 0.6 is 0 Å². The second-order valence-electron chi connectivity index (χ2n) is 3.43. The first-order chi connectivity index (χ1) is 7.22. The number of hydrogen-bond donors (Lipinski definition) is 2. The summed E-state index contributed by atoms with van der Waals surface area (Å²) in [6.07, 6.45) is 0.403. The molecule has 0 fully saturated rings. The summed E-state index contributed by atoms with van der Waals surface area (Å²) in [7, 11) is 3.21. The zero-order chi connectivity index (χ0) is 10.8. The first kappa shape index (κ1) is 9.97. The quantitative estimate of drug-likeness (QED) is 0.697. The highest BCUT2D eigenvalue weighted by Crippen LogP contribution is 2.17. The molecule has 1 aliphatic rings. The molecule has 0 spiro atoms. The molecule has 0 aliphatic carbocycles. The van der Waals surface area contributed by atoms with Crippen LogP contribution in [-0.2, 0) is 24.8 Å². The second kappa shape index (κ2) is 3.90. The summed E-state index contributed by atoms with van der Waals surface area (Å²) in [5, 5.41) is 5.84. The van der Waals surface area contributed by atoms with Gasteiger partial charge in [0.1, 0.15) is 0 Å². The number of nitrogens with zero attached hydrogens (tertiary/aromatic N) is 2. The molecule has 6 heteroatoms. The molecular weight excluding hydrogens is 196 g/mol. The van der Waals surface area contributed by atoms with E-state index in [2.05, 4.69) is 20.4 Å². The maximum absolute atomic E-state index is 11.0. The third-order valence-electron chi connectivity index (χ3n) is 2.53. The zero-order valence-corrected chi connectivity index (χ0v) is 8.83. The van der Waals surface area contributed by atoms with Gasteiger partial charge in [-0.3, -0.25) is 5.32 Å². The molecule has 1 aliphatic heterocycles. The van der Waals surface area contributed by atoms with Gasteiger partial charge in [0.25, 0.3) is 0 Å². The van der Waals surface area contributed by atoms with Gasteiger partial charge in [0.2, 0.25) is 5.95 Å². The van der Waals surface area contributed by atoms with Crippen LogP contribution in [0.3, 0.4) is 0 Å². The van der Waals surface area contributed by atoms with Crippen molar-refractivity contribution in [2.75, 3.05) is 19.0 Å².